The topological polar surface area (TPSA) is 42.9 Å². The summed E-state index contributed by atoms with van der Waals surface area (Å²) < 4.78 is 35.8. The van der Waals surface area contributed by atoms with Gasteiger partial charge in [-0.3, -0.25) is 4.79 Å². The van der Waals surface area contributed by atoms with Crippen molar-refractivity contribution in [3.8, 4) is 0 Å². The lowest BCUT2D eigenvalue weighted by Crippen LogP contribution is -2.24. The lowest BCUT2D eigenvalue weighted by Gasteiger charge is -2.04. The molecule has 1 heterocycles. The van der Waals surface area contributed by atoms with Crippen LogP contribution in [0.4, 0.5) is 13.2 Å². The summed E-state index contributed by atoms with van der Waals surface area (Å²) in [4.78, 5) is 17.4. The maximum absolute atomic E-state index is 11.9. The Morgan fingerprint density at radius 3 is 2.43 bits per heavy atom. The average Bonchev–Trinajstić information content (AvgIpc) is 1.99. The molecule has 1 rings (SSSR count). The minimum atomic E-state index is -4.94. The first-order chi connectivity index (χ1) is 6.30. The van der Waals surface area contributed by atoms with E-state index in [0.717, 1.165) is 6.07 Å². The molecule has 76 valence electrons. The van der Waals surface area contributed by atoms with Crippen molar-refractivity contribution < 1.29 is 18.0 Å². The SMILES string of the molecule is Cc1cc(C(=O)C(F)(F)F)nc(Cl)n1. The number of carbonyl (C=O) groups excluding carboxylic acids is 1. The molecule has 0 N–H and O–H groups in total. The number of carbonyl (C=O) groups is 1. The van der Waals surface area contributed by atoms with Crippen molar-refractivity contribution in [1.29, 1.82) is 0 Å². The summed E-state index contributed by atoms with van der Waals surface area (Å²) in [5.41, 5.74) is -0.535. The van der Waals surface area contributed by atoms with Crippen LogP contribution in [0.5, 0.6) is 0 Å². The number of aryl methyl sites for hydroxylation is 1. The van der Waals surface area contributed by atoms with Crippen molar-refractivity contribution >= 4 is 17.4 Å². The van der Waals surface area contributed by atoms with E-state index in [0.29, 0.717) is 0 Å². The first-order valence-corrected chi connectivity index (χ1v) is 3.81. The van der Waals surface area contributed by atoms with E-state index in [1.807, 2.05) is 0 Å². The Labute approximate surface area is 81.9 Å². The largest absolute Gasteiger partial charge is 0.456 e. The standard InChI is InChI=1S/C7H4ClF3N2O/c1-3-2-4(13-6(8)12-3)5(14)7(9,10)11/h2H,1H3. The van der Waals surface area contributed by atoms with E-state index in [-0.39, 0.29) is 11.0 Å². The van der Waals surface area contributed by atoms with Gasteiger partial charge in [0.25, 0.3) is 5.78 Å². The van der Waals surface area contributed by atoms with E-state index in [1.54, 1.807) is 0 Å². The molecule has 0 spiro atoms. The highest BCUT2D eigenvalue weighted by Gasteiger charge is 2.40. The van der Waals surface area contributed by atoms with E-state index in [1.165, 1.54) is 6.92 Å². The zero-order valence-electron chi connectivity index (χ0n) is 6.89. The Balaban J connectivity index is 3.14. The van der Waals surface area contributed by atoms with Gasteiger partial charge in [-0.25, -0.2) is 9.97 Å². The zero-order valence-corrected chi connectivity index (χ0v) is 7.65. The number of halogens is 4. The van der Waals surface area contributed by atoms with E-state index >= 15 is 0 Å². The summed E-state index contributed by atoms with van der Waals surface area (Å²) in [5.74, 6) is -2.02. The van der Waals surface area contributed by atoms with E-state index in [2.05, 4.69) is 9.97 Å². The zero-order chi connectivity index (χ0) is 10.9. The fourth-order valence-electron chi connectivity index (χ4n) is 0.794. The third kappa shape index (κ3) is 2.41. The second-order valence-electron chi connectivity index (χ2n) is 2.49. The molecule has 0 aliphatic carbocycles. The molecule has 0 bridgehead atoms. The normalized spacial score (nSPS) is 11.5. The van der Waals surface area contributed by atoms with Gasteiger partial charge in [-0.1, -0.05) is 0 Å². The van der Waals surface area contributed by atoms with Crippen molar-refractivity contribution in [1.82, 2.24) is 9.97 Å². The van der Waals surface area contributed by atoms with Crippen LogP contribution in [0.15, 0.2) is 6.07 Å². The Bertz CT molecular complexity index is 357. The van der Waals surface area contributed by atoms with Gasteiger partial charge in [0.1, 0.15) is 5.69 Å². The predicted molar refractivity (Wildman–Crippen MR) is 42.2 cm³/mol. The smallest absolute Gasteiger partial charge is 0.282 e. The molecular formula is C7H4ClF3N2O. The molecule has 14 heavy (non-hydrogen) atoms. The summed E-state index contributed by atoms with van der Waals surface area (Å²) in [6, 6.07) is 0.932. The Kier molecular flexibility index (Phi) is 2.75. The minimum absolute atomic E-state index is 0.206. The van der Waals surface area contributed by atoms with Gasteiger partial charge in [0.05, 0.1) is 0 Å². The summed E-state index contributed by atoms with van der Waals surface area (Å²) in [6.07, 6.45) is -4.94. The number of rotatable bonds is 1. The lowest BCUT2D eigenvalue weighted by molar-refractivity contribution is -0.0888. The van der Waals surface area contributed by atoms with Crippen LogP contribution >= 0.6 is 11.6 Å². The second kappa shape index (κ2) is 3.53. The predicted octanol–water partition coefficient (Wildman–Crippen LogP) is 2.18. The summed E-state index contributed by atoms with van der Waals surface area (Å²) >= 11 is 5.30. The molecule has 0 aromatic carbocycles. The molecule has 1 aromatic rings. The van der Waals surface area contributed by atoms with E-state index < -0.39 is 17.7 Å². The number of hydrogen-bond acceptors (Lipinski definition) is 3. The van der Waals surface area contributed by atoms with E-state index in [4.69, 9.17) is 11.6 Å². The van der Waals surface area contributed by atoms with Crippen LogP contribution < -0.4 is 0 Å². The van der Waals surface area contributed by atoms with Crippen molar-refractivity contribution in [2.24, 2.45) is 0 Å². The van der Waals surface area contributed by atoms with Crippen molar-refractivity contribution in [2.75, 3.05) is 0 Å². The van der Waals surface area contributed by atoms with Gasteiger partial charge in [0.2, 0.25) is 5.28 Å². The summed E-state index contributed by atoms with van der Waals surface area (Å²) in [6.45, 7) is 1.42. The molecule has 0 saturated heterocycles. The average molecular weight is 225 g/mol. The van der Waals surface area contributed by atoms with Gasteiger partial charge in [0, 0.05) is 5.69 Å². The number of nitrogens with zero attached hydrogens (tertiary/aromatic N) is 2. The minimum Gasteiger partial charge on any atom is -0.282 e. The van der Waals surface area contributed by atoms with Gasteiger partial charge >= 0.3 is 6.18 Å². The fraction of sp³-hybridized carbons (Fsp3) is 0.286. The summed E-state index contributed by atoms with van der Waals surface area (Å²) in [7, 11) is 0. The van der Waals surface area contributed by atoms with E-state index in [9.17, 15) is 18.0 Å². The first-order valence-electron chi connectivity index (χ1n) is 3.43. The number of hydrogen-bond donors (Lipinski definition) is 0. The highest BCUT2D eigenvalue weighted by atomic mass is 35.5. The van der Waals surface area contributed by atoms with Gasteiger partial charge < -0.3 is 0 Å². The van der Waals surface area contributed by atoms with Crippen LogP contribution in [-0.4, -0.2) is 21.9 Å². The lowest BCUT2D eigenvalue weighted by atomic mass is 10.2. The van der Waals surface area contributed by atoms with Gasteiger partial charge in [0.15, 0.2) is 0 Å². The molecule has 0 fully saturated rings. The Hall–Kier alpha value is -1.17. The molecule has 0 aliphatic rings. The van der Waals surface area contributed by atoms with Crippen LogP contribution in [-0.2, 0) is 0 Å². The third-order valence-corrected chi connectivity index (χ3v) is 1.49. The molecule has 0 radical (unpaired) electrons. The van der Waals surface area contributed by atoms with Gasteiger partial charge in [-0.05, 0) is 24.6 Å². The van der Waals surface area contributed by atoms with Crippen molar-refractivity contribution in [3.63, 3.8) is 0 Å². The van der Waals surface area contributed by atoms with Crippen molar-refractivity contribution in [3.05, 3.63) is 22.7 Å². The highest BCUT2D eigenvalue weighted by Crippen LogP contribution is 2.21. The van der Waals surface area contributed by atoms with Gasteiger partial charge in [-0.15, -0.1) is 0 Å². The first kappa shape index (κ1) is 10.9. The van der Waals surface area contributed by atoms with Crippen LogP contribution in [0.2, 0.25) is 5.28 Å². The summed E-state index contributed by atoms with van der Waals surface area (Å²) in [5, 5.41) is -0.377. The van der Waals surface area contributed by atoms with Crippen LogP contribution in [0, 0.1) is 6.92 Å². The monoisotopic (exact) mass is 224 g/mol. The number of alkyl halides is 3. The van der Waals surface area contributed by atoms with Gasteiger partial charge in [-0.2, -0.15) is 13.2 Å². The molecule has 7 heteroatoms. The maximum atomic E-state index is 11.9. The quantitative estimate of drug-likeness (QED) is 0.542. The molecule has 0 unspecified atom stereocenters. The molecule has 3 nitrogen and oxygen atoms in total. The third-order valence-electron chi connectivity index (χ3n) is 1.32. The number of Topliss-reactive ketones (excluding diaryl/α,β-unsaturated/α-hetero) is 1. The Morgan fingerprint density at radius 2 is 2.00 bits per heavy atom. The second-order valence-corrected chi connectivity index (χ2v) is 2.83. The highest BCUT2D eigenvalue weighted by molar-refractivity contribution is 6.28. The molecular weight excluding hydrogens is 221 g/mol. The molecule has 1 aromatic heterocycles. The maximum Gasteiger partial charge on any atom is 0.456 e. The Morgan fingerprint density at radius 1 is 1.43 bits per heavy atom. The molecule has 0 atom stereocenters. The van der Waals surface area contributed by atoms with Crippen LogP contribution in [0.25, 0.3) is 0 Å². The molecule has 0 aliphatic heterocycles. The number of ketones is 1. The number of aromatic nitrogens is 2. The fourth-order valence-corrected chi connectivity index (χ4v) is 1.02. The van der Waals surface area contributed by atoms with Crippen molar-refractivity contribution in [2.45, 2.75) is 13.1 Å². The van der Waals surface area contributed by atoms with Crippen LogP contribution in [0.1, 0.15) is 16.2 Å². The van der Waals surface area contributed by atoms with Crippen LogP contribution in [0.3, 0.4) is 0 Å². The molecule has 0 amide bonds. The molecule has 0 saturated carbocycles.